The zero-order valence-corrected chi connectivity index (χ0v) is 24.3. The Morgan fingerprint density at radius 1 is 0.556 bits per heavy atom. The number of carbonyl (C=O) groups excluding carboxylic acids is 2. The number of aromatic hydroxyl groups is 1. The lowest BCUT2D eigenvalue weighted by Crippen LogP contribution is -2.08. The first-order chi connectivity index (χ1) is 21.8. The molecule has 6 rings (SSSR count). The van der Waals surface area contributed by atoms with Crippen LogP contribution in [0, 0.1) is 0 Å². The summed E-state index contributed by atoms with van der Waals surface area (Å²) in [6.07, 6.45) is 0.739. The third-order valence-electron chi connectivity index (χ3n) is 6.85. The van der Waals surface area contributed by atoms with Gasteiger partial charge >= 0.3 is 5.97 Å². The van der Waals surface area contributed by atoms with E-state index in [-0.39, 0.29) is 15.5 Å². The highest BCUT2D eigenvalue weighted by Crippen LogP contribution is 2.29. The summed E-state index contributed by atoms with van der Waals surface area (Å²) in [5.41, 5.74) is 0.847. The molecule has 0 heterocycles. The summed E-state index contributed by atoms with van der Waals surface area (Å²) in [7, 11) is -3.79. The minimum Gasteiger partial charge on any atom is -0.508 e. The van der Waals surface area contributed by atoms with Gasteiger partial charge < -0.3 is 19.3 Å². The van der Waals surface area contributed by atoms with Gasteiger partial charge in [-0.2, -0.15) is 0 Å². The van der Waals surface area contributed by atoms with Crippen LogP contribution in [-0.2, 0) is 9.84 Å². The van der Waals surface area contributed by atoms with Crippen LogP contribution in [0.4, 0.5) is 0 Å². The smallest absolute Gasteiger partial charge is 0.343 e. The van der Waals surface area contributed by atoms with Crippen LogP contribution in [0.2, 0.25) is 0 Å². The van der Waals surface area contributed by atoms with Crippen LogP contribution >= 0.6 is 0 Å². The van der Waals surface area contributed by atoms with Gasteiger partial charge in [-0.15, -0.1) is 0 Å². The SMILES string of the molecule is O=Cc1ccc(Oc2ccc(S(=O)(=O)c3ccc(Oc4ccc(C(=O)Oc5ccc6cc(O)ccc6c5)cc4)cc3)cc2)cc1. The number of benzene rings is 6. The minimum absolute atomic E-state index is 0.0940. The van der Waals surface area contributed by atoms with Gasteiger partial charge in [0.15, 0.2) is 0 Å². The van der Waals surface area contributed by atoms with Crippen molar-refractivity contribution in [2.75, 3.05) is 0 Å². The Kier molecular flexibility index (Phi) is 8.01. The Bertz CT molecular complexity index is 2100. The van der Waals surface area contributed by atoms with Gasteiger partial charge in [0, 0.05) is 5.56 Å². The molecule has 0 saturated carbocycles. The zero-order chi connectivity index (χ0) is 31.4. The van der Waals surface area contributed by atoms with Crippen LogP contribution in [0.15, 0.2) is 143 Å². The predicted molar refractivity (Wildman–Crippen MR) is 167 cm³/mol. The van der Waals surface area contributed by atoms with Crippen molar-refractivity contribution in [3.63, 3.8) is 0 Å². The quantitative estimate of drug-likeness (QED) is 0.0987. The number of rotatable bonds is 9. The maximum absolute atomic E-state index is 13.2. The summed E-state index contributed by atoms with van der Waals surface area (Å²) in [5.74, 6) is 1.82. The van der Waals surface area contributed by atoms with Crippen LogP contribution in [0.3, 0.4) is 0 Å². The molecular formula is C36H24O8S. The fourth-order valence-corrected chi connectivity index (χ4v) is 5.76. The summed E-state index contributed by atoms with van der Waals surface area (Å²) in [5, 5.41) is 11.3. The second kappa shape index (κ2) is 12.4. The third kappa shape index (κ3) is 6.69. The van der Waals surface area contributed by atoms with Gasteiger partial charge in [0.2, 0.25) is 9.84 Å². The highest BCUT2D eigenvalue weighted by atomic mass is 32.2. The van der Waals surface area contributed by atoms with Crippen LogP contribution in [-0.4, -0.2) is 25.8 Å². The van der Waals surface area contributed by atoms with Crippen LogP contribution < -0.4 is 14.2 Å². The maximum Gasteiger partial charge on any atom is 0.343 e. The Hall–Kier alpha value is -5.93. The minimum atomic E-state index is -3.79. The van der Waals surface area contributed by atoms with Crippen molar-refractivity contribution in [2.45, 2.75) is 9.79 Å². The van der Waals surface area contributed by atoms with E-state index in [4.69, 9.17) is 14.2 Å². The van der Waals surface area contributed by atoms with Gasteiger partial charge in [-0.1, -0.05) is 12.1 Å². The third-order valence-corrected chi connectivity index (χ3v) is 8.64. The fraction of sp³-hybridized carbons (Fsp3) is 0. The van der Waals surface area contributed by atoms with Crippen molar-refractivity contribution in [2.24, 2.45) is 0 Å². The lowest BCUT2D eigenvalue weighted by atomic mass is 10.1. The number of phenolic OH excluding ortho intramolecular Hbond substituents is 1. The summed E-state index contributed by atoms with van der Waals surface area (Å²) in [6.45, 7) is 0. The highest BCUT2D eigenvalue weighted by molar-refractivity contribution is 7.91. The predicted octanol–water partition coefficient (Wildman–Crippen LogP) is 7.99. The Morgan fingerprint density at radius 3 is 1.53 bits per heavy atom. The van der Waals surface area contributed by atoms with Crippen molar-refractivity contribution < 1.29 is 37.3 Å². The van der Waals surface area contributed by atoms with Gasteiger partial charge in [0.25, 0.3) is 0 Å². The van der Waals surface area contributed by atoms with E-state index in [0.717, 1.165) is 17.1 Å². The first kappa shape index (κ1) is 29.2. The zero-order valence-electron chi connectivity index (χ0n) is 23.5. The molecule has 0 saturated heterocycles. The van der Waals surface area contributed by atoms with Gasteiger partial charge in [0.1, 0.15) is 40.8 Å². The van der Waals surface area contributed by atoms with E-state index >= 15 is 0 Å². The molecule has 0 fully saturated rings. The highest BCUT2D eigenvalue weighted by Gasteiger charge is 2.18. The lowest BCUT2D eigenvalue weighted by Gasteiger charge is -2.10. The summed E-state index contributed by atoms with van der Waals surface area (Å²) in [4.78, 5) is 23.7. The molecule has 0 unspecified atom stereocenters. The molecule has 6 aromatic rings. The fourth-order valence-electron chi connectivity index (χ4n) is 4.50. The van der Waals surface area contributed by atoms with Crippen molar-refractivity contribution in [3.05, 3.63) is 145 Å². The van der Waals surface area contributed by atoms with Gasteiger partial charge in [-0.25, -0.2) is 13.2 Å². The summed E-state index contributed by atoms with van der Waals surface area (Å²) in [6, 6.07) is 35.1. The molecule has 0 atom stereocenters. The van der Waals surface area contributed by atoms with Crippen molar-refractivity contribution in [1.29, 1.82) is 0 Å². The number of aldehydes is 1. The normalized spacial score (nSPS) is 11.1. The van der Waals surface area contributed by atoms with E-state index in [2.05, 4.69) is 0 Å². The molecule has 0 spiro atoms. The first-order valence-electron chi connectivity index (χ1n) is 13.7. The van der Waals surface area contributed by atoms with E-state index in [1.165, 1.54) is 24.3 Å². The molecule has 0 aliphatic rings. The molecule has 0 amide bonds. The molecule has 6 aromatic carbocycles. The molecular weight excluding hydrogens is 592 g/mol. The number of fused-ring (bicyclic) bond motifs is 1. The Balaban J connectivity index is 1.07. The standard InChI is InChI=1S/C36H24O8S/c37-23-24-1-8-29(9-2-24)42-31-13-17-34(18-14-31)45(40,41)35-19-15-32(16-20-35)43-30-10-4-25(5-11-30)36(39)44-33-12-6-26-21-28(38)7-3-27(26)22-33/h1-23,38H. The largest absolute Gasteiger partial charge is 0.508 e. The van der Waals surface area contributed by atoms with E-state index in [1.807, 2.05) is 0 Å². The molecule has 0 radical (unpaired) electrons. The first-order valence-corrected chi connectivity index (χ1v) is 15.2. The molecule has 0 aliphatic carbocycles. The van der Waals surface area contributed by atoms with Crippen LogP contribution in [0.25, 0.3) is 10.8 Å². The molecule has 45 heavy (non-hydrogen) atoms. The molecule has 8 nitrogen and oxygen atoms in total. The van der Waals surface area contributed by atoms with E-state index < -0.39 is 15.8 Å². The number of carbonyl (C=O) groups is 2. The lowest BCUT2D eigenvalue weighted by molar-refractivity contribution is 0.0734. The topological polar surface area (TPSA) is 116 Å². The van der Waals surface area contributed by atoms with Crippen molar-refractivity contribution in [1.82, 2.24) is 0 Å². The summed E-state index contributed by atoms with van der Waals surface area (Å²) >= 11 is 0. The number of hydrogen-bond acceptors (Lipinski definition) is 8. The molecule has 0 bridgehead atoms. The molecule has 1 N–H and O–H groups in total. The second-order valence-corrected chi connectivity index (χ2v) is 11.9. The molecule has 0 aromatic heterocycles. The monoisotopic (exact) mass is 616 g/mol. The van der Waals surface area contributed by atoms with E-state index in [1.54, 1.807) is 109 Å². The Labute approximate surface area is 258 Å². The number of ether oxygens (including phenoxy) is 3. The Morgan fingerprint density at radius 2 is 1.00 bits per heavy atom. The number of hydrogen-bond donors (Lipinski definition) is 1. The second-order valence-electron chi connectivity index (χ2n) is 9.94. The average molecular weight is 617 g/mol. The van der Waals surface area contributed by atoms with Crippen molar-refractivity contribution >= 4 is 32.9 Å². The van der Waals surface area contributed by atoms with Gasteiger partial charge in [-0.3, -0.25) is 4.79 Å². The van der Waals surface area contributed by atoms with Gasteiger partial charge in [-0.05, 0) is 132 Å². The molecule has 0 aliphatic heterocycles. The average Bonchev–Trinajstić information content (AvgIpc) is 3.06. The van der Waals surface area contributed by atoms with E-state index in [0.29, 0.717) is 39.9 Å². The van der Waals surface area contributed by atoms with Crippen LogP contribution in [0.5, 0.6) is 34.5 Å². The summed E-state index contributed by atoms with van der Waals surface area (Å²) < 4.78 is 43.4. The van der Waals surface area contributed by atoms with E-state index in [9.17, 15) is 23.1 Å². The number of phenols is 1. The van der Waals surface area contributed by atoms with Crippen LogP contribution in [0.1, 0.15) is 20.7 Å². The van der Waals surface area contributed by atoms with Crippen molar-refractivity contribution in [3.8, 4) is 34.5 Å². The number of esters is 1. The maximum atomic E-state index is 13.2. The molecule has 222 valence electrons. The van der Waals surface area contributed by atoms with Gasteiger partial charge in [0.05, 0.1) is 15.4 Å². The number of sulfone groups is 1. The molecule has 9 heteroatoms.